The van der Waals surface area contributed by atoms with E-state index in [-0.39, 0.29) is 0 Å². The molecule has 0 bridgehead atoms. The number of rotatable bonds is 3. The fraction of sp³-hybridized carbons (Fsp3) is 0.500. The molecule has 0 aromatic carbocycles. The zero-order chi connectivity index (χ0) is 12.3. The maximum absolute atomic E-state index is 10.5. The summed E-state index contributed by atoms with van der Waals surface area (Å²) in [5.41, 5.74) is 1.05. The van der Waals surface area contributed by atoms with Crippen LogP contribution < -0.4 is 5.32 Å². The topological polar surface area (TPSA) is 76.2 Å². The second-order valence-corrected chi connectivity index (χ2v) is 4.02. The van der Waals surface area contributed by atoms with Crippen LogP contribution in [0.4, 0.5) is 0 Å². The SMILES string of the molecule is Cn1cc(CN2CCCN/C2=C\[N+](=O)[O-])cn1. The van der Waals surface area contributed by atoms with Crippen LogP contribution in [0, 0.1) is 10.1 Å². The summed E-state index contributed by atoms with van der Waals surface area (Å²) in [6, 6.07) is 0. The first-order chi connectivity index (χ1) is 8.15. The van der Waals surface area contributed by atoms with Gasteiger partial charge in [-0.3, -0.25) is 14.8 Å². The van der Waals surface area contributed by atoms with Crippen molar-refractivity contribution < 1.29 is 4.92 Å². The lowest BCUT2D eigenvalue weighted by Gasteiger charge is -2.30. The lowest BCUT2D eigenvalue weighted by atomic mass is 10.2. The maximum Gasteiger partial charge on any atom is 0.274 e. The van der Waals surface area contributed by atoms with Crippen LogP contribution in [0.25, 0.3) is 0 Å². The van der Waals surface area contributed by atoms with E-state index < -0.39 is 4.92 Å². The Morgan fingerprint density at radius 3 is 3.18 bits per heavy atom. The third kappa shape index (κ3) is 2.96. The summed E-state index contributed by atoms with van der Waals surface area (Å²) in [5, 5.41) is 17.6. The molecule has 0 spiro atoms. The third-order valence-electron chi connectivity index (χ3n) is 2.61. The number of hydrogen-bond donors (Lipinski definition) is 1. The van der Waals surface area contributed by atoms with Crippen LogP contribution in [0.5, 0.6) is 0 Å². The smallest absolute Gasteiger partial charge is 0.274 e. The van der Waals surface area contributed by atoms with Gasteiger partial charge in [0.25, 0.3) is 6.20 Å². The first kappa shape index (κ1) is 11.4. The zero-order valence-corrected chi connectivity index (χ0v) is 9.67. The molecule has 7 nitrogen and oxygen atoms in total. The summed E-state index contributed by atoms with van der Waals surface area (Å²) in [5.74, 6) is 0.574. The van der Waals surface area contributed by atoms with Gasteiger partial charge in [-0.05, 0) is 6.42 Å². The van der Waals surface area contributed by atoms with Crippen LogP contribution in [0.2, 0.25) is 0 Å². The lowest BCUT2D eigenvalue weighted by molar-refractivity contribution is -0.405. The average Bonchev–Trinajstić information content (AvgIpc) is 2.66. The summed E-state index contributed by atoms with van der Waals surface area (Å²) in [6.07, 6.45) is 5.70. The fourth-order valence-electron chi connectivity index (χ4n) is 1.88. The van der Waals surface area contributed by atoms with Crippen LogP contribution in [0.3, 0.4) is 0 Å². The van der Waals surface area contributed by atoms with Crippen molar-refractivity contribution in [2.75, 3.05) is 13.1 Å². The number of nitrogens with one attached hydrogen (secondary N) is 1. The van der Waals surface area contributed by atoms with Crippen molar-refractivity contribution in [1.29, 1.82) is 0 Å². The number of nitro groups is 1. The molecule has 0 saturated carbocycles. The van der Waals surface area contributed by atoms with Crippen LogP contribution in [0.1, 0.15) is 12.0 Å². The van der Waals surface area contributed by atoms with E-state index in [9.17, 15) is 10.1 Å². The molecule has 17 heavy (non-hydrogen) atoms. The molecule has 0 aliphatic carbocycles. The Kier molecular flexibility index (Phi) is 3.27. The Balaban J connectivity index is 2.09. The Morgan fingerprint density at radius 2 is 2.53 bits per heavy atom. The van der Waals surface area contributed by atoms with Gasteiger partial charge in [0, 0.05) is 38.4 Å². The predicted octanol–water partition coefficient (Wildman–Crippen LogP) is 0.291. The van der Waals surface area contributed by atoms with E-state index >= 15 is 0 Å². The van der Waals surface area contributed by atoms with Crippen LogP contribution >= 0.6 is 0 Å². The summed E-state index contributed by atoms with van der Waals surface area (Å²) in [6.45, 7) is 2.24. The molecule has 0 unspecified atom stereocenters. The highest BCUT2D eigenvalue weighted by molar-refractivity contribution is 5.07. The molecule has 7 heteroatoms. The van der Waals surface area contributed by atoms with Crippen LogP contribution in [-0.4, -0.2) is 32.7 Å². The molecule has 0 radical (unpaired) electrons. The van der Waals surface area contributed by atoms with Crippen molar-refractivity contribution in [3.63, 3.8) is 0 Å². The van der Waals surface area contributed by atoms with Gasteiger partial charge < -0.3 is 10.2 Å². The molecule has 0 amide bonds. The second-order valence-electron chi connectivity index (χ2n) is 4.02. The van der Waals surface area contributed by atoms with E-state index in [0.717, 1.165) is 31.3 Å². The quantitative estimate of drug-likeness (QED) is 0.604. The van der Waals surface area contributed by atoms with Crippen molar-refractivity contribution in [1.82, 2.24) is 20.0 Å². The molecule has 1 aromatic heterocycles. The number of aryl methyl sites for hydroxylation is 1. The number of nitrogens with zero attached hydrogens (tertiary/aromatic N) is 4. The number of aromatic nitrogens is 2. The summed E-state index contributed by atoms with van der Waals surface area (Å²) < 4.78 is 1.73. The number of hydrogen-bond acceptors (Lipinski definition) is 5. The molecule has 1 aliphatic heterocycles. The van der Waals surface area contributed by atoms with Crippen molar-refractivity contribution in [3.8, 4) is 0 Å². The second kappa shape index (κ2) is 4.86. The zero-order valence-electron chi connectivity index (χ0n) is 9.67. The van der Waals surface area contributed by atoms with E-state index in [1.807, 2.05) is 18.1 Å². The molecule has 1 aromatic rings. The van der Waals surface area contributed by atoms with Crippen LogP contribution in [0.15, 0.2) is 24.4 Å². The molecule has 0 atom stereocenters. The van der Waals surface area contributed by atoms with E-state index in [0.29, 0.717) is 12.4 Å². The van der Waals surface area contributed by atoms with Gasteiger partial charge in [0.05, 0.1) is 11.1 Å². The van der Waals surface area contributed by atoms with Crippen molar-refractivity contribution in [3.05, 3.63) is 40.1 Å². The van der Waals surface area contributed by atoms with Gasteiger partial charge in [0.1, 0.15) is 0 Å². The molecule has 2 rings (SSSR count). The molecule has 2 heterocycles. The van der Waals surface area contributed by atoms with Gasteiger partial charge in [-0.1, -0.05) is 0 Å². The van der Waals surface area contributed by atoms with Gasteiger partial charge in [-0.15, -0.1) is 0 Å². The predicted molar refractivity (Wildman–Crippen MR) is 61.3 cm³/mol. The first-order valence-corrected chi connectivity index (χ1v) is 5.47. The average molecular weight is 237 g/mol. The van der Waals surface area contributed by atoms with Gasteiger partial charge in [0.2, 0.25) is 0 Å². The third-order valence-corrected chi connectivity index (χ3v) is 2.61. The molecule has 1 N–H and O–H groups in total. The Morgan fingerprint density at radius 1 is 1.71 bits per heavy atom. The monoisotopic (exact) mass is 237 g/mol. The van der Waals surface area contributed by atoms with Crippen molar-refractivity contribution >= 4 is 0 Å². The lowest BCUT2D eigenvalue weighted by Crippen LogP contribution is -2.39. The van der Waals surface area contributed by atoms with Gasteiger partial charge in [-0.25, -0.2) is 0 Å². The van der Waals surface area contributed by atoms with Gasteiger partial charge in [0.15, 0.2) is 5.82 Å². The largest absolute Gasteiger partial charge is 0.367 e. The van der Waals surface area contributed by atoms with E-state index in [1.54, 1.807) is 10.9 Å². The molecule has 1 saturated heterocycles. The summed E-state index contributed by atoms with van der Waals surface area (Å²) >= 11 is 0. The minimum absolute atomic E-state index is 0.427. The molecule has 1 aliphatic rings. The standard InChI is InChI=1S/C10H15N5O2/c1-13-6-9(5-12-13)7-14-4-2-3-11-10(14)8-15(16)17/h5-6,8,11H,2-4,7H2,1H3/b10-8+. The fourth-order valence-corrected chi connectivity index (χ4v) is 1.88. The Bertz CT molecular complexity index is 440. The maximum atomic E-state index is 10.5. The molecule has 1 fully saturated rings. The Labute approximate surface area is 98.9 Å². The highest BCUT2D eigenvalue weighted by Crippen LogP contribution is 2.12. The highest BCUT2D eigenvalue weighted by Gasteiger charge is 2.18. The van der Waals surface area contributed by atoms with Gasteiger partial charge in [-0.2, -0.15) is 5.10 Å². The van der Waals surface area contributed by atoms with Crippen LogP contribution in [-0.2, 0) is 13.6 Å². The molecular weight excluding hydrogens is 222 g/mol. The highest BCUT2D eigenvalue weighted by atomic mass is 16.6. The normalized spacial score (nSPS) is 18.2. The summed E-state index contributed by atoms with van der Waals surface area (Å²) in [7, 11) is 1.85. The minimum Gasteiger partial charge on any atom is -0.367 e. The summed E-state index contributed by atoms with van der Waals surface area (Å²) in [4.78, 5) is 12.1. The first-order valence-electron chi connectivity index (χ1n) is 5.47. The van der Waals surface area contributed by atoms with E-state index in [4.69, 9.17) is 0 Å². The van der Waals surface area contributed by atoms with E-state index in [2.05, 4.69) is 10.4 Å². The molecular formula is C10H15N5O2. The van der Waals surface area contributed by atoms with E-state index in [1.165, 1.54) is 0 Å². The molecule has 92 valence electrons. The van der Waals surface area contributed by atoms with Crippen molar-refractivity contribution in [2.24, 2.45) is 7.05 Å². The van der Waals surface area contributed by atoms with Gasteiger partial charge >= 0.3 is 0 Å². The Hall–Kier alpha value is -2.05. The minimum atomic E-state index is -0.427. The van der Waals surface area contributed by atoms with Crippen molar-refractivity contribution in [2.45, 2.75) is 13.0 Å².